The Kier molecular flexibility index (Phi) is 5.95. The summed E-state index contributed by atoms with van der Waals surface area (Å²) in [7, 11) is 0. The van der Waals surface area contributed by atoms with Crippen LogP contribution in [-0.2, 0) is 9.59 Å². The van der Waals surface area contributed by atoms with E-state index in [1.165, 1.54) is 6.92 Å². The molecule has 6 nitrogen and oxygen atoms in total. The van der Waals surface area contributed by atoms with Crippen molar-refractivity contribution in [2.75, 3.05) is 6.54 Å². The molecule has 0 spiro atoms. The van der Waals surface area contributed by atoms with Gasteiger partial charge < -0.3 is 21.3 Å². The molecule has 0 aromatic rings. The van der Waals surface area contributed by atoms with Gasteiger partial charge in [0, 0.05) is 19.5 Å². The van der Waals surface area contributed by atoms with E-state index >= 15 is 0 Å². The maximum Gasteiger partial charge on any atom is 0.312 e. The zero-order valence-electron chi connectivity index (χ0n) is 12.3. The van der Waals surface area contributed by atoms with Crippen LogP contribution < -0.4 is 11.1 Å². The Morgan fingerprint density at radius 3 is 2.55 bits per heavy atom. The molecule has 0 heterocycles. The van der Waals surface area contributed by atoms with Crippen molar-refractivity contribution in [2.24, 2.45) is 17.1 Å². The molecule has 0 aromatic heterocycles. The van der Waals surface area contributed by atoms with Crippen molar-refractivity contribution in [2.45, 2.75) is 58.1 Å². The fourth-order valence-electron chi connectivity index (χ4n) is 2.95. The van der Waals surface area contributed by atoms with Crippen LogP contribution in [0.15, 0.2) is 0 Å². The van der Waals surface area contributed by atoms with Crippen molar-refractivity contribution >= 4 is 11.9 Å². The van der Waals surface area contributed by atoms with Gasteiger partial charge in [0.1, 0.15) is 0 Å². The highest BCUT2D eigenvalue weighted by atomic mass is 16.4. The van der Waals surface area contributed by atoms with Crippen LogP contribution in [0, 0.1) is 11.3 Å². The highest BCUT2D eigenvalue weighted by Gasteiger charge is 2.51. The van der Waals surface area contributed by atoms with Crippen molar-refractivity contribution in [3.63, 3.8) is 0 Å². The van der Waals surface area contributed by atoms with Gasteiger partial charge in [-0.1, -0.05) is 6.92 Å². The summed E-state index contributed by atoms with van der Waals surface area (Å²) < 4.78 is 0. The molecule has 1 aliphatic rings. The number of hydrogen-bond donors (Lipinski definition) is 4. The molecular formula is C14H26N2O4. The number of nitrogens with one attached hydrogen (secondary N) is 1. The van der Waals surface area contributed by atoms with Gasteiger partial charge in [-0.05, 0) is 38.0 Å². The second-order valence-corrected chi connectivity index (χ2v) is 6.09. The number of carboxylic acid groups (broad SMARTS) is 1. The van der Waals surface area contributed by atoms with Crippen LogP contribution in [0.3, 0.4) is 0 Å². The van der Waals surface area contributed by atoms with Gasteiger partial charge in [0.2, 0.25) is 5.91 Å². The Morgan fingerprint density at radius 1 is 1.45 bits per heavy atom. The molecule has 20 heavy (non-hydrogen) atoms. The maximum atomic E-state index is 11.5. The molecule has 116 valence electrons. The van der Waals surface area contributed by atoms with E-state index in [1.807, 2.05) is 6.92 Å². The van der Waals surface area contributed by atoms with Gasteiger partial charge in [0.05, 0.1) is 11.5 Å². The SMILES string of the molecule is CC(=O)NCC[C@H](C)CCC1(C(=O)O)CC(N)CC1O. The first-order valence-corrected chi connectivity index (χ1v) is 7.19. The van der Waals surface area contributed by atoms with Crippen molar-refractivity contribution in [1.82, 2.24) is 5.32 Å². The maximum absolute atomic E-state index is 11.5. The number of carbonyl (C=O) groups excluding carboxylic acids is 1. The minimum Gasteiger partial charge on any atom is -0.481 e. The molecule has 3 unspecified atom stereocenters. The Hall–Kier alpha value is -1.14. The van der Waals surface area contributed by atoms with Crippen LogP contribution in [0.1, 0.15) is 46.0 Å². The predicted octanol–water partition coefficient (Wildman–Crippen LogP) is 0.482. The number of nitrogens with two attached hydrogens (primary N) is 1. The highest BCUT2D eigenvalue weighted by molar-refractivity contribution is 5.76. The molecule has 1 rings (SSSR count). The lowest BCUT2D eigenvalue weighted by molar-refractivity contribution is -0.155. The number of rotatable bonds is 7. The van der Waals surface area contributed by atoms with Crippen LogP contribution in [0.2, 0.25) is 0 Å². The minimum atomic E-state index is -1.10. The summed E-state index contributed by atoms with van der Waals surface area (Å²) in [4.78, 5) is 22.3. The molecule has 0 aromatic carbocycles. The van der Waals surface area contributed by atoms with E-state index in [-0.39, 0.29) is 11.9 Å². The van der Waals surface area contributed by atoms with Crippen LogP contribution in [0.25, 0.3) is 0 Å². The summed E-state index contributed by atoms with van der Waals surface area (Å²) in [6.45, 7) is 4.09. The average Bonchev–Trinajstić information content (AvgIpc) is 2.62. The number of amides is 1. The molecule has 0 saturated heterocycles. The zero-order chi connectivity index (χ0) is 15.3. The van der Waals surface area contributed by atoms with E-state index < -0.39 is 17.5 Å². The lowest BCUT2D eigenvalue weighted by atomic mass is 9.77. The van der Waals surface area contributed by atoms with Gasteiger partial charge >= 0.3 is 5.97 Å². The average molecular weight is 286 g/mol. The zero-order valence-corrected chi connectivity index (χ0v) is 12.3. The molecule has 6 heteroatoms. The largest absolute Gasteiger partial charge is 0.481 e. The first-order chi connectivity index (χ1) is 9.28. The van der Waals surface area contributed by atoms with E-state index in [0.29, 0.717) is 38.1 Å². The van der Waals surface area contributed by atoms with Crippen molar-refractivity contribution in [1.29, 1.82) is 0 Å². The lowest BCUT2D eigenvalue weighted by Crippen LogP contribution is -2.39. The summed E-state index contributed by atoms with van der Waals surface area (Å²) >= 11 is 0. The quantitative estimate of drug-likeness (QED) is 0.544. The predicted molar refractivity (Wildman–Crippen MR) is 75.0 cm³/mol. The lowest BCUT2D eigenvalue weighted by Gasteiger charge is -2.29. The van der Waals surface area contributed by atoms with Gasteiger partial charge in [0.25, 0.3) is 0 Å². The van der Waals surface area contributed by atoms with Crippen LogP contribution in [-0.4, -0.2) is 40.8 Å². The van der Waals surface area contributed by atoms with Gasteiger partial charge in [-0.15, -0.1) is 0 Å². The Balaban J connectivity index is 2.48. The van der Waals surface area contributed by atoms with Crippen molar-refractivity contribution < 1.29 is 19.8 Å². The van der Waals surface area contributed by atoms with E-state index in [9.17, 15) is 19.8 Å². The number of aliphatic hydroxyl groups is 1. The third-order valence-corrected chi connectivity index (χ3v) is 4.31. The number of aliphatic hydroxyl groups excluding tert-OH is 1. The third kappa shape index (κ3) is 4.18. The summed E-state index contributed by atoms with van der Waals surface area (Å²) in [5.74, 6) is -0.717. The molecule has 5 N–H and O–H groups in total. The number of carbonyl (C=O) groups is 2. The first kappa shape index (κ1) is 16.9. The number of aliphatic carboxylic acids is 1. The Bertz CT molecular complexity index is 361. The topological polar surface area (TPSA) is 113 Å². The summed E-state index contributed by atoms with van der Waals surface area (Å²) in [5, 5.41) is 22.2. The van der Waals surface area contributed by atoms with Crippen LogP contribution in [0.5, 0.6) is 0 Å². The summed E-state index contributed by atoms with van der Waals surface area (Å²) in [6.07, 6.45) is 1.76. The van der Waals surface area contributed by atoms with E-state index in [4.69, 9.17) is 5.73 Å². The van der Waals surface area contributed by atoms with Gasteiger partial charge in [0.15, 0.2) is 0 Å². The molecule has 1 saturated carbocycles. The molecule has 1 amide bonds. The standard InChI is InChI=1S/C14H26N2O4/c1-9(4-6-16-10(2)17)3-5-14(13(19)20)8-11(15)7-12(14)18/h9,11-12,18H,3-8,15H2,1-2H3,(H,16,17)(H,19,20)/t9-,11?,12?,14?/m1/s1. The molecular weight excluding hydrogens is 260 g/mol. The molecule has 0 radical (unpaired) electrons. The number of hydrogen-bond acceptors (Lipinski definition) is 4. The van der Waals surface area contributed by atoms with E-state index in [0.717, 1.165) is 6.42 Å². The third-order valence-electron chi connectivity index (χ3n) is 4.31. The van der Waals surface area contributed by atoms with Crippen molar-refractivity contribution in [3.05, 3.63) is 0 Å². The smallest absolute Gasteiger partial charge is 0.312 e. The highest BCUT2D eigenvalue weighted by Crippen LogP contribution is 2.43. The summed E-state index contributed by atoms with van der Waals surface area (Å²) in [6, 6.07) is -0.240. The Labute approximate surface area is 119 Å². The molecule has 1 aliphatic carbocycles. The van der Waals surface area contributed by atoms with Gasteiger partial charge in [-0.3, -0.25) is 9.59 Å². The monoisotopic (exact) mass is 286 g/mol. The minimum absolute atomic E-state index is 0.0589. The fraction of sp³-hybridized carbons (Fsp3) is 0.857. The molecule has 0 aliphatic heterocycles. The van der Waals surface area contributed by atoms with Gasteiger partial charge in [-0.25, -0.2) is 0 Å². The first-order valence-electron chi connectivity index (χ1n) is 7.19. The van der Waals surface area contributed by atoms with Crippen LogP contribution >= 0.6 is 0 Å². The fourth-order valence-corrected chi connectivity index (χ4v) is 2.95. The molecule has 1 fully saturated rings. The van der Waals surface area contributed by atoms with E-state index in [1.54, 1.807) is 0 Å². The molecule has 4 atom stereocenters. The Morgan fingerprint density at radius 2 is 2.10 bits per heavy atom. The molecule has 0 bridgehead atoms. The summed E-state index contributed by atoms with van der Waals surface area (Å²) in [5.41, 5.74) is 4.69. The van der Waals surface area contributed by atoms with Crippen molar-refractivity contribution in [3.8, 4) is 0 Å². The van der Waals surface area contributed by atoms with Gasteiger partial charge in [-0.2, -0.15) is 0 Å². The normalized spacial score (nSPS) is 31.0. The van der Waals surface area contributed by atoms with Crippen LogP contribution in [0.4, 0.5) is 0 Å². The van der Waals surface area contributed by atoms with E-state index in [2.05, 4.69) is 5.32 Å². The number of carboxylic acids is 1. The second-order valence-electron chi connectivity index (χ2n) is 6.09. The second kappa shape index (κ2) is 7.04.